The van der Waals surface area contributed by atoms with Gasteiger partial charge in [0, 0.05) is 12.3 Å². The number of nitro groups is 1. The summed E-state index contributed by atoms with van der Waals surface area (Å²) in [6, 6.07) is 4.57. The summed E-state index contributed by atoms with van der Waals surface area (Å²) in [6.45, 7) is 0. The Hall–Kier alpha value is -3.88. The van der Waals surface area contributed by atoms with Gasteiger partial charge >= 0.3 is 5.69 Å². The summed E-state index contributed by atoms with van der Waals surface area (Å²) in [4.78, 5) is 10.3. The first-order chi connectivity index (χ1) is 10.7. The van der Waals surface area contributed by atoms with E-state index in [1.807, 2.05) is 6.07 Å². The molecular formula is C10H5N9O3. The predicted molar refractivity (Wildman–Crippen MR) is 69.8 cm³/mol. The molecular weight excluding hydrogens is 294 g/mol. The zero-order valence-electron chi connectivity index (χ0n) is 10.6. The molecule has 0 bridgehead atoms. The van der Waals surface area contributed by atoms with Crippen LogP contribution in [0.4, 0.5) is 11.4 Å². The van der Waals surface area contributed by atoms with Gasteiger partial charge in [0.1, 0.15) is 11.6 Å². The van der Waals surface area contributed by atoms with Crippen LogP contribution in [0.5, 0.6) is 0 Å². The van der Waals surface area contributed by atoms with Crippen molar-refractivity contribution in [2.75, 3.05) is 5.32 Å². The van der Waals surface area contributed by atoms with E-state index in [1.165, 1.54) is 18.3 Å². The lowest BCUT2D eigenvalue weighted by molar-refractivity contribution is -0.383. The summed E-state index contributed by atoms with van der Waals surface area (Å²) < 4.78 is 4.53. The highest BCUT2D eigenvalue weighted by Gasteiger charge is 2.19. The van der Waals surface area contributed by atoms with E-state index in [9.17, 15) is 10.1 Å². The van der Waals surface area contributed by atoms with Gasteiger partial charge in [0.15, 0.2) is 5.52 Å². The Kier molecular flexibility index (Phi) is 3.13. The molecule has 0 aliphatic heterocycles. The molecule has 1 aromatic carbocycles. The summed E-state index contributed by atoms with van der Waals surface area (Å²) >= 11 is 0. The number of hydrogen-bond donors (Lipinski definition) is 2. The molecule has 0 unspecified atom stereocenters. The summed E-state index contributed by atoms with van der Waals surface area (Å²) in [5.74, 6) is 0.103. The maximum absolute atomic E-state index is 10.9. The van der Waals surface area contributed by atoms with Crippen LogP contribution in [0.2, 0.25) is 0 Å². The number of non-ortho nitro benzene ring substituents is 1. The fourth-order valence-electron chi connectivity index (χ4n) is 1.69. The third-order valence-corrected chi connectivity index (χ3v) is 2.67. The minimum absolute atomic E-state index is 0.00136. The SMILES string of the molecule is N#CC(=CNc1ccc([N+](=O)[O-])c2nonc12)c1nn[nH]n1. The van der Waals surface area contributed by atoms with Gasteiger partial charge in [-0.05, 0) is 21.6 Å². The average Bonchev–Trinajstić information content (AvgIpc) is 3.19. The van der Waals surface area contributed by atoms with Crippen LogP contribution in [0.15, 0.2) is 23.0 Å². The van der Waals surface area contributed by atoms with Gasteiger partial charge in [-0.2, -0.15) is 10.5 Å². The highest BCUT2D eigenvalue weighted by atomic mass is 16.6. The summed E-state index contributed by atoms with van der Waals surface area (Å²) in [5, 5.41) is 42.8. The number of hydrogen-bond acceptors (Lipinski definition) is 10. The molecule has 12 heteroatoms. The van der Waals surface area contributed by atoms with Crippen molar-refractivity contribution in [2.24, 2.45) is 0 Å². The molecule has 0 fully saturated rings. The standard InChI is InChI=1S/C10H5N9O3/c11-3-5(10-13-17-18-14-10)4-12-6-1-2-7(19(20)21)9-8(6)15-22-16-9/h1-2,4,12H,(H,13,14,17,18). The number of aromatic nitrogens is 6. The number of allylic oxidation sites excluding steroid dienone is 1. The number of H-pyrrole nitrogens is 1. The number of nitrogens with zero attached hydrogens (tertiary/aromatic N) is 7. The number of nitrogens with one attached hydrogen (secondary N) is 2. The van der Waals surface area contributed by atoms with Gasteiger partial charge in [0.05, 0.1) is 10.6 Å². The van der Waals surface area contributed by atoms with E-state index in [0.717, 1.165) is 0 Å². The van der Waals surface area contributed by atoms with Crippen molar-refractivity contribution in [1.29, 1.82) is 5.26 Å². The Morgan fingerprint density at radius 2 is 2.27 bits per heavy atom. The highest BCUT2D eigenvalue weighted by molar-refractivity contribution is 5.94. The Bertz CT molecular complexity index is 906. The number of benzene rings is 1. The molecule has 0 saturated heterocycles. The van der Waals surface area contributed by atoms with Gasteiger partial charge in [-0.1, -0.05) is 0 Å². The maximum Gasteiger partial charge on any atom is 0.300 e. The average molecular weight is 299 g/mol. The van der Waals surface area contributed by atoms with Gasteiger partial charge < -0.3 is 5.32 Å². The van der Waals surface area contributed by atoms with Crippen LogP contribution in [-0.4, -0.2) is 35.9 Å². The second-order valence-electron chi connectivity index (χ2n) is 3.90. The van der Waals surface area contributed by atoms with Gasteiger partial charge in [0.2, 0.25) is 11.3 Å². The first kappa shape index (κ1) is 13.1. The van der Waals surface area contributed by atoms with Crippen molar-refractivity contribution in [1.82, 2.24) is 30.9 Å². The van der Waals surface area contributed by atoms with E-state index >= 15 is 0 Å². The number of tetrazole rings is 1. The normalized spacial score (nSPS) is 11.3. The Morgan fingerprint density at radius 1 is 1.45 bits per heavy atom. The van der Waals surface area contributed by atoms with E-state index in [4.69, 9.17) is 5.26 Å². The van der Waals surface area contributed by atoms with Crippen molar-refractivity contribution >= 4 is 28.0 Å². The van der Waals surface area contributed by atoms with Crippen molar-refractivity contribution < 1.29 is 9.55 Å². The molecule has 0 radical (unpaired) electrons. The second-order valence-corrected chi connectivity index (χ2v) is 3.90. The molecule has 2 heterocycles. The predicted octanol–water partition coefficient (Wildman–Crippen LogP) is 0.621. The van der Waals surface area contributed by atoms with Crippen LogP contribution in [0.1, 0.15) is 5.82 Å². The van der Waals surface area contributed by atoms with Gasteiger partial charge in [-0.15, -0.1) is 10.2 Å². The minimum Gasteiger partial charge on any atom is -0.358 e. The second kappa shape index (κ2) is 5.25. The number of nitriles is 1. The van der Waals surface area contributed by atoms with Crippen LogP contribution < -0.4 is 5.32 Å². The fraction of sp³-hybridized carbons (Fsp3) is 0. The summed E-state index contributed by atoms with van der Waals surface area (Å²) in [6.07, 6.45) is 1.32. The molecule has 0 amide bonds. The topological polar surface area (TPSA) is 172 Å². The van der Waals surface area contributed by atoms with E-state index in [2.05, 4.69) is 40.9 Å². The molecule has 0 saturated carbocycles. The third-order valence-electron chi connectivity index (χ3n) is 2.67. The molecule has 3 aromatic rings. The first-order valence-electron chi connectivity index (χ1n) is 5.71. The van der Waals surface area contributed by atoms with Crippen molar-refractivity contribution in [3.05, 3.63) is 34.3 Å². The van der Waals surface area contributed by atoms with Gasteiger partial charge in [0.25, 0.3) is 0 Å². The maximum atomic E-state index is 10.9. The monoisotopic (exact) mass is 299 g/mol. The zero-order chi connectivity index (χ0) is 15.5. The zero-order valence-corrected chi connectivity index (χ0v) is 10.6. The van der Waals surface area contributed by atoms with Gasteiger partial charge in [-0.3, -0.25) is 10.1 Å². The minimum atomic E-state index is -0.591. The Labute approximate surface area is 120 Å². The number of fused-ring (bicyclic) bond motifs is 1. The fourth-order valence-corrected chi connectivity index (χ4v) is 1.69. The van der Waals surface area contributed by atoms with Crippen molar-refractivity contribution in [3.63, 3.8) is 0 Å². The van der Waals surface area contributed by atoms with E-state index in [0.29, 0.717) is 5.69 Å². The van der Waals surface area contributed by atoms with E-state index < -0.39 is 4.92 Å². The molecule has 12 nitrogen and oxygen atoms in total. The summed E-state index contributed by atoms with van der Waals surface area (Å²) in [7, 11) is 0. The quantitative estimate of drug-likeness (QED) is 0.395. The third kappa shape index (κ3) is 2.18. The van der Waals surface area contributed by atoms with Crippen molar-refractivity contribution in [2.45, 2.75) is 0 Å². The Balaban J connectivity index is 1.99. The van der Waals surface area contributed by atoms with Crippen LogP contribution in [-0.2, 0) is 0 Å². The first-order valence-corrected chi connectivity index (χ1v) is 5.71. The Morgan fingerprint density at radius 3 is 2.95 bits per heavy atom. The van der Waals surface area contributed by atoms with E-state index in [-0.39, 0.29) is 28.1 Å². The molecule has 0 aliphatic rings. The molecule has 108 valence electrons. The molecule has 3 rings (SSSR count). The smallest absolute Gasteiger partial charge is 0.300 e. The summed E-state index contributed by atoms with van der Waals surface area (Å²) in [5.41, 5.74) is 0.413. The number of rotatable bonds is 4. The lowest BCUT2D eigenvalue weighted by atomic mass is 10.2. The molecule has 2 N–H and O–H groups in total. The van der Waals surface area contributed by atoms with Crippen LogP contribution in [0, 0.1) is 21.4 Å². The number of anilines is 1. The number of nitro benzene ring substituents is 1. The molecule has 22 heavy (non-hydrogen) atoms. The molecule has 0 atom stereocenters. The van der Waals surface area contributed by atoms with Crippen LogP contribution in [0.3, 0.4) is 0 Å². The molecule has 0 aliphatic carbocycles. The molecule has 0 spiro atoms. The van der Waals surface area contributed by atoms with E-state index in [1.54, 1.807) is 0 Å². The lowest BCUT2D eigenvalue weighted by Crippen LogP contribution is -1.96. The largest absolute Gasteiger partial charge is 0.358 e. The lowest BCUT2D eigenvalue weighted by Gasteiger charge is -2.01. The van der Waals surface area contributed by atoms with Crippen molar-refractivity contribution in [3.8, 4) is 6.07 Å². The van der Waals surface area contributed by atoms with Gasteiger partial charge in [-0.25, -0.2) is 4.63 Å². The van der Waals surface area contributed by atoms with Crippen LogP contribution >= 0.6 is 0 Å². The van der Waals surface area contributed by atoms with Crippen LogP contribution in [0.25, 0.3) is 16.6 Å². The number of aromatic amines is 1. The highest BCUT2D eigenvalue weighted by Crippen LogP contribution is 2.28. The molecule has 2 aromatic heterocycles.